The molecule has 2 atom stereocenters. The average molecular weight is 329 g/mol. The van der Waals surface area contributed by atoms with Crippen LogP contribution in [0, 0.1) is 6.92 Å². The molecule has 1 unspecified atom stereocenters. The van der Waals surface area contributed by atoms with E-state index in [0.717, 1.165) is 30.6 Å². The summed E-state index contributed by atoms with van der Waals surface area (Å²) in [6, 6.07) is 8.83. The van der Waals surface area contributed by atoms with Gasteiger partial charge in [0.15, 0.2) is 6.54 Å². The van der Waals surface area contributed by atoms with Crippen LogP contribution in [0.2, 0.25) is 0 Å². The van der Waals surface area contributed by atoms with Crippen molar-refractivity contribution in [2.45, 2.75) is 39.7 Å². The van der Waals surface area contributed by atoms with E-state index in [4.69, 9.17) is 0 Å². The lowest BCUT2D eigenvalue weighted by Gasteiger charge is -2.30. The second-order valence-electron chi connectivity index (χ2n) is 6.37. The Morgan fingerprint density at radius 3 is 3.00 bits per heavy atom. The number of benzene rings is 1. The van der Waals surface area contributed by atoms with Crippen molar-refractivity contribution in [2.24, 2.45) is 0 Å². The number of carbonyl (C=O) groups excluding carboxylic acids is 1. The standard InChI is InChI=1S/C19H24N2OS/c1-4-15-7-5-6-13(2)19(15)20-18(22)12-21-10-8-17-16(14(21)3)9-11-23-17/h5-7,9,11,14H,4,8,10,12H2,1-3H3,(H,20,22)/p+1/t14-/m1/s1. The molecule has 4 heteroatoms. The molecule has 0 radical (unpaired) electrons. The third kappa shape index (κ3) is 3.33. The molecule has 0 saturated carbocycles. The number of amides is 1. The van der Waals surface area contributed by atoms with Crippen molar-refractivity contribution in [1.82, 2.24) is 0 Å². The van der Waals surface area contributed by atoms with Gasteiger partial charge in [0.05, 0.1) is 6.54 Å². The predicted octanol–water partition coefficient (Wildman–Crippen LogP) is 2.76. The van der Waals surface area contributed by atoms with Gasteiger partial charge in [-0.1, -0.05) is 25.1 Å². The molecule has 0 saturated heterocycles. The normalized spacial score (nSPS) is 20.1. The summed E-state index contributed by atoms with van der Waals surface area (Å²) in [6.45, 7) is 7.99. The molecule has 1 aliphatic rings. The van der Waals surface area contributed by atoms with Crippen LogP contribution < -0.4 is 10.2 Å². The van der Waals surface area contributed by atoms with E-state index in [1.54, 1.807) is 0 Å². The molecule has 3 rings (SSSR count). The van der Waals surface area contributed by atoms with E-state index in [1.807, 2.05) is 11.3 Å². The fourth-order valence-corrected chi connectivity index (χ4v) is 4.46. The zero-order valence-corrected chi connectivity index (χ0v) is 14.9. The monoisotopic (exact) mass is 329 g/mol. The van der Waals surface area contributed by atoms with Crippen LogP contribution in [-0.2, 0) is 17.6 Å². The summed E-state index contributed by atoms with van der Waals surface area (Å²) in [4.78, 5) is 15.4. The van der Waals surface area contributed by atoms with Crippen LogP contribution in [0.15, 0.2) is 29.6 Å². The lowest BCUT2D eigenvalue weighted by molar-refractivity contribution is -0.923. The highest BCUT2D eigenvalue weighted by atomic mass is 32.1. The average Bonchev–Trinajstić information content (AvgIpc) is 3.01. The molecule has 2 N–H and O–H groups in total. The summed E-state index contributed by atoms with van der Waals surface area (Å²) >= 11 is 1.85. The minimum absolute atomic E-state index is 0.120. The number of anilines is 1. The lowest BCUT2D eigenvalue weighted by Crippen LogP contribution is -3.14. The molecule has 3 nitrogen and oxygen atoms in total. The van der Waals surface area contributed by atoms with Crippen molar-refractivity contribution in [1.29, 1.82) is 0 Å². The summed E-state index contributed by atoms with van der Waals surface area (Å²) in [7, 11) is 0. The number of rotatable bonds is 4. The maximum atomic E-state index is 12.6. The van der Waals surface area contributed by atoms with Gasteiger partial charge in [-0.15, -0.1) is 11.3 Å². The Morgan fingerprint density at radius 2 is 2.22 bits per heavy atom. The summed E-state index contributed by atoms with van der Waals surface area (Å²) in [5, 5.41) is 5.33. The van der Waals surface area contributed by atoms with Crippen LogP contribution in [-0.4, -0.2) is 19.0 Å². The SMILES string of the molecule is CCc1cccc(C)c1NC(=O)C[NH+]1CCc2sccc2[C@H]1C. The van der Waals surface area contributed by atoms with Crippen molar-refractivity contribution >= 4 is 22.9 Å². The molecule has 2 aromatic rings. The lowest BCUT2D eigenvalue weighted by atomic mass is 10.0. The largest absolute Gasteiger partial charge is 0.321 e. The second-order valence-corrected chi connectivity index (χ2v) is 7.37. The van der Waals surface area contributed by atoms with Crippen LogP contribution in [0.4, 0.5) is 5.69 Å². The van der Waals surface area contributed by atoms with Crippen molar-refractivity contribution < 1.29 is 9.69 Å². The Kier molecular flexibility index (Phi) is 4.83. The fraction of sp³-hybridized carbons (Fsp3) is 0.421. The number of hydrogen-bond donors (Lipinski definition) is 2. The molecule has 1 aliphatic heterocycles. The van der Waals surface area contributed by atoms with Crippen molar-refractivity contribution in [3.8, 4) is 0 Å². The van der Waals surface area contributed by atoms with Gasteiger partial charge in [0, 0.05) is 22.5 Å². The van der Waals surface area contributed by atoms with Gasteiger partial charge in [-0.3, -0.25) is 4.79 Å². The summed E-state index contributed by atoms with van der Waals surface area (Å²) < 4.78 is 0. The number of fused-ring (bicyclic) bond motifs is 1. The Hall–Kier alpha value is -1.65. The maximum Gasteiger partial charge on any atom is 0.279 e. The Labute approximate surface area is 142 Å². The third-order valence-corrected chi connectivity index (χ3v) is 5.92. The fourth-order valence-electron chi connectivity index (χ4n) is 3.48. The number of carbonyl (C=O) groups is 1. The highest BCUT2D eigenvalue weighted by Gasteiger charge is 2.29. The minimum atomic E-state index is 0.120. The van der Waals surface area contributed by atoms with E-state index < -0.39 is 0 Å². The van der Waals surface area contributed by atoms with E-state index >= 15 is 0 Å². The van der Waals surface area contributed by atoms with Gasteiger partial charge in [0.1, 0.15) is 6.04 Å². The molecule has 1 amide bonds. The Morgan fingerprint density at radius 1 is 1.39 bits per heavy atom. The van der Waals surface area contributed by atoms with Crippen molar-refractivity contribution in [2.75, 3.05) is 18.4 Å². The smallest absolute Gasteiger partial charge is 0.279 e. The van der Waals surface area contributed by atoms with Crippen LogP contribution in [0.3, 0.4) is 0 Å². The highest BCUT2D eigenvalue weighted by molar-refractivity contribution is 7.10. The second kappa shape index (κ2) is 6.85. The van der Waals surface area contributed by atoms with E-state index in [-0.39, 0.29) is 5.91 Å². The van der Waals surface area contributed by atoms with E-state index in [2.05, 4.69) is 55.7 Å². The van der Waals surface area contributed by atoms with Crippen molar-refractivity contribution in [3.63, 3.8) is 0 Å². The predicted molar refractivity (Wildman–Crippen MR) is 96.3 cm³/mol. The van der Waals surface area contributed by atoms with Gasteiger partial charge >= 0.3 is 0 Å². The molecule has 0 aliphatic carbocycles. The summed E-state index contributed by atoms with van der Waals surface area (Å²) in [5.74, 6) is 0.120. The highest BCUT2D eigenvalue weighted by Crippen LogP contribution is 2.25. The molecule has 1 aromatic carbocycles. The van der Waals surface area contributed by atoms with Gasteiger partial charge in [-0.25, -0.2) is 0 Å². The Bertz CT molecular complexity index is 707. The maximum absolute atomic E-state index is 12.6. The van der Waals surface area contributed by atoms with Crippen LogP contribution >= 0.6 is 11.3 Å². The molecule has 122 valence electrons. The third-order valence-electron chi connectivity index (χ3n) is 4.92. The Balaban J connectivity index is 1.69. The molecule has 0 bridgehead atoms. The molecular formula is C19H25N2OS+. The van der Waals surface area contributed by atoms with Gasteiger partial charge < -0.3 is 10.2 Å². The van der Waals surface area contributed by atoms with E-state index in [1.165, 1.54) is 20.9 Å². The summed E-state index contributed by atoms with van der Waals surface area (Å²) in [5.41, 5.74) is 4.77. The van der Waals surface area contributed by atoms with Crippen LogP contribution in [0.5, 0.6) is 0 Å². The van der Waals surface area contributed by atoms with Gasteiger partial charge in [0.2, 0.25) is 0 Å². The molecule has 0 fully saturated rings. The van der Waals surface area contributed by atoms with Gasteiger partial charge in [-0.05, 0) is 42.8 Å². The first-order chi connectivity index (χ1) is 11.1. The van der Waals surface area contributed by atoms with Gasteiger partial charge in [0.25, 0.3) is 5.91 Å². The van der Waals surface area contributed by atoms with Crippen molar-refractivity contribution in [3.05, 3.63) is 51.2 Å². The quantitative estimate of drug-likeness (QED) is 0.888. The zero-order chi connectivity index (χ0) is 16.4. The first-order valence-corrected chi connectivity index (χ1v) is 9.27. The van der Waals surface area contributed by atoms with E-state index in [9.17, 15) is 4.79 Å². The van der Waals surface area contributed by atoms with Gasteiger partial charge in [-0.2, -0.15) is 0 Å². The summed E-state index contributed by atoms with van der Waals surface area (Å²) in [6.07, 6.45) is 2.02. The van der Waals surface area contributed by atoms with E-state index in [0.29, 0.717) is 12.6 Å². The number of para-hydroxylation sites is 1. The van der Waals surface area contributed by atoms with Crippen LogP contribution in [0.25, 0.3) is 0 Å². The number of quaternary nitrogens is 1. The molecule has 0 spiro atoms. The number of thiophene rings is 1. The minimum Gasteiger partial charge on any atom is -0.321 e. The molecule has 1 aromatic heterocycles. The zero-order valence-electron chi connectivity index (χ0n) is 14.1. The first-order valence-electron chi connectivity index (χ1n) is 8.39. The topological polar surface area (TPSA) is 33.5 Å². The molecular weight excluding hydrogens is 304 g/mol. The van der Waals surface area contributed by atoms with Crippen LogP contribution in [0.1, 0.15) is 41.5 Å². The number of nitrogens with one attached hydrogen (secondary N) is 2. The molecule has 2 heterocycles. The number of hydrogen-bond acceptors (Lipinski definition) is 2. The molecule has 23 heavy (non-hydrogen) atoms. The first kappa shape index (κ1) is 16.2. The number of aryl methyl sites for hydroxylation is 2.